The minimum atomic E-state index is -1.04. The molecule has 1 aromatic heterocycles. The van der Waals surface area contributed by atoms with E-state index in [2.05, 4.69) is 4.98 Å². The number of thiazole rings is 1. The first-order valence-electron chi connectivity index (χ1n) is 9.15. The number of hydrogen-bond acceptors (Lipinski definition) is 6. The third-order valence-electron chi connectivity index (χ3n) is 4.58. The Kier molecular flexibility index (Phi) is 5.66. The first-order chi connectivity index (χ1) is 14.1. The van der Waals surface area contributed by atoms with Gasteiger partial charge in [-0.25, -0.2) is 19.8 Å². The molecule has 0 radical (unpaired) electrons. The van der Waals surface area contributed by atoms with Crippen LogP contribution in [-0.4, -0.2) is 53.3 Å². The number of aromatic nitrogens is 1. The Morgan fingerprint density at radius 1 is 1.03 bits per heavy atom. The molecule has 148 valence electrons. The summed E-state index contributed by atoms with van der Waals surface area (Å²) >= 11 is 1.08. The molecule has 0 atom stereocenters. The predicted octanol–water partition coefficient (Wildman–Crippen LogP) is 3.40. The molecule has 0 unspecified atom stereocenters. The third kappa shape index (κ3) is 4.19. The highest BCUT2D eigenvalue weighted by Gasteiger charge is 2.26. The van der Waals surface area contributed by atoms with Gasteiger partial charge in [-0.15, -0.1) is 11.3 Å². The van der Waals surface area contributed by atoms with E-state index >= 15 is 0 Å². The lowest BCUT2D eigenvalue weighted by Gasteiger charge is -2.37. The van der Waals surface area contributed by atoms with Gasteiger partial charge < -0.3 is 9.84 Å². The highest BCUT2D eigenvalue weighted by atomic mass is 32.1. The van der Waals surface area contributed by atoms with Crippen LogP contribution in [0.2, 0.25) is 0 Å². The van der Waals surface area contributed by atoms with Gasteiger partial charge in [0.15, 0.2) is 0 Å². The van der Waals surface area contributed by atoms with E-state index in [0.717, 1.165) is 22.6 Å². The third-order valence-corrected chi connectivity index (χ3v) is 5.41. The zero-order valence-electron chi connectivity index (χ0n) is 15.5. The van der Waals surface area contributed by atoms with Crippen LogP contribution in [0.3, 0.4) is 0 Å². The summed E-state index contributed by atoms with van der Waals surface area (Å²) in [5.41, 5.74) is 2.69. The average Bonchev–Trinajstić information content (AvgIpc) is 3.26. The number of carbonyl (C=O) groups excluding carboxylic acids is 1. The number of morpholine rings is 1. The standard InChI is InChI=1S/C21H19N3O4S/c25-20(24(17-4-2-1-3-5-17)23-10-12-28-13-11-23)16-8-6-15(7-9-16)18-14-29-19(22-18)21(26)27/h1-9,14H,10-13H2,(H,26,27). The van der Waals surface area contributed by atoms with Crippen LogP contribution in [0.25, 0.3) is 11.3 Å². The van der Waals surface area contributed by atoms with Crippen molar-refractivity contribution < 1.29 is 19.4 Å². The van der Waals surface area contributed by atoms with E-state index in [0.29, 0.717) is 37.6 Å². The maximum atomic E-state index is 13.3. The summed E-state index contributed by atoms with van der Waals surface area (Å²) in [6.07, 6.45) is 0. The Morgan fingerprint density at radius 3 is 2.34 bits per heavy atom. The van der Waals surface area contributed by atoms with Crippen molar-refractivity contribution in [1.82, 2.24) is 9.99 Å². The Hall–Kier alpha value is -3.07. The van der Waals surface area contributed by atoms with Gasteiger partial charge in [-0.3, -0.25) is 4.79 Å². The Balaban J connectivity index is 1.61. The summed E-state index contributed by atoms with van der Waals surface area (Å²) in [6, 6.07) is 16.6. The highest BCUT2D eigenvalue weighted by molar-refractivity contribution is 7.11. The van der Waals surface area contributed by atoms with Crippen molar-refractivity contribution in [3.05, 3.63) is 70.5 Å². The van der Waals surface area contributed by atoms with Gasteiger partial charge in [0.25, 0.3) is 5.91 Å². The van der Waals surface area contributed by atoms with E-state index in [1.807, 2.05) is 35.3 Å². The molecular formula is C21H19N3O4S. The van der Waals surface area contributed by atoms with Crippen molar-refractivity contribution in [3.63, 3.8) is 0 Å². The molecule has 1 aliphatic rings. The molecular weight excluding hydrogens is 390 g/mol. The molecule has 1 N–H and O–H groups in total. The largest absolute Gasteiger partial charge is 0.476 e. The quantitative estimate of drug-likeness (QED) is 0.695. The molecule has 0 aliphatic carbocycles. The number of carboxylic acid groups (broad SMARTS) is 1. The number of nitrogens with zero attached hydrogens (tertiary/aromatic N) is 3. The summed E-state index contributed by atoms with van der Waals surface area (Å²) in [5.74, 6) is -1.17. The van der Waals surface area contributed by atoms with Crippen LogP contribution in [0.4, 0.5) is 5.69 Å². The van der Waals surface area contributed by atoms with Crippen molar-refractivity contribution in [2.75, 3.05) is 31.3 Å². The second kappa shape index (κ2) is 8.52. The number of hydrazine groups is 1. The van der Waals surface area contributed by atoms with Crippen molar-refractivity contribution >= 4 is 28.9 Å². The zero-order chi connectivity index (χ0) is 20.2. The molecule has 8 heteroatoms. The van der Waals surface area contributed by atoms with Gasteiger partial charge in [0, 0.05) is 29.6 Å². The normalized spacial score (nSPS) is 14.5. The number of ether oxygens (including phenoxy) is 1. The van der Waals surface area contributed by atoms with Crippen LogP contribution in [0, 0.1) is 0 Å². The summed E-state index contributed by atoms with van der Waals surface area (Å²) in [4.78, 5) is 28.5. The number of carboxylic acids is 1. The molecule has 0 bridgehead atoms. The van der Waals surface area contributed by atoms with Gasteiger partial charge in [0.05, 0.1) is 24.6 Å². The topological polar surface area (TPSA) is 83.0 Å². The van der Waals surface area contributed by atoms with Crippen molar-refractivity contribution in [2.45, 2.75) is 0 Å². The number of anilines is 1. The van der Waals surface area contributed by atoms with Crippen LogP contribution in [0.15, 0.2) is 60.0 Å². The maximum Gasteiger partial charge on any atom is 0.365 e. The monoisotopic (exact) mass is 409 g/mol. The number of para-hydroxylation sites is 1. The second-order valence-electron chi connectivity index (χ2n) is 6.44. The molecule has 7 nitrogen and oxygen atoms in total. The zero-order valence-corrected chi connectivity index (χ0v) is 16.3. The molecule has 0 spiro atoms. The Bertz CT molecular complexity index is 998. The van der Waals surface area contributed by atoms with Crippen molar-refractivity contribution in [1.29, 1.82) is 0 Å². The number of carbonyl (C=O) groups is 2. The van der Waals surface area contributed by atoms with E-state index in [-0.39, 0.29) is 10.9 Å². The lowest BCUT2D eigenvalue weighted by molar-refractivity contribution is 0.0300. The number of rotatable bonds is 5. The molecule has 2 aromatic carbocycles. The molecule has 1 saturated heterocycles. The van der Waals surface area contributed by atoms with Gasteiger partial charge in [0.1, 0.15) is 0 Å². The molecule has 1 fully saturated rings. The summed E-state index contributed by atoms with van der Waals surface area (Å²) in [7, 11) is 0. The van der Waals surface area contributed by atoms with Gasteiger partial charge in [0.2, 0.25) is 5.01 Å². The minimum Gasteiger partial charge on any atom is -0.476 e. The van der Waals surface area contributed by atoms with Crippen LogP contribution >= 0.6 is 11.3 Å². The van der Waals surface area contributed by atoms with Crippen LogP contribution < -0.4 is 5.01 Å². The predicted molar refractivity (Wildman–Crippen MR) is 110 cm³/mol. The fourth-order valence-electron chi connectivity index (χ4n) is 3.14. The maximum absolute atomic E-state index is 13.3. The smallest absolute Gasteiger partial charge is 0.365 e. The highest BCUT2D eigenvalue weighted by Crippen LogP contribution is 2.25. The fourth-order valence-corrected chi connectivity index (χ4v) is 3.81. The van der Waals surface area contributed by atoms with E-state index < -0.39 is 5.97 Å². The van der Waals surface area contributed by atoms with Gasteiger partial charge >= 0.3 is 5.97 Å². The van der Waals surface area contributed by atoms with Gasteiger partial charge in [-0.05, 0) is 24.3 Å². The van der Waals surface area contributed by atoms with Gasteiger partial charge in [-0.1, -0.05) is 30.3 Å². The summed E-state index contributed by atoms with van der Waals surface area (Å²) in [6.45, 7) is 2.42. The lowest BCUT2D eigenvalue weighted by Crippen LogP contribution is -2.52. The van der Waals surface area contributed by atoms with E-state index in [9.17, 15) is 9.59 Å². The first-order valence-corrected chi connectivity index (χ1v) is 10.0. The van der Waals surface area contributed by atoms with Crippen molar-refractivity contribution in [2.24, 2.45) is 0 Å². The van der Waals surface area contributed by atoms with Crippen LogP contribution in [0.1, 0.15) is 20.2 Å². The van der Waals surface area contributed by atoms with Crippen LogP contribution in [-0.2, 0) is 4.74 Å². The first kappa shape index (κ1) is 19.3. The Morgan fingerprint density at radius 2 is 1.72 bits per heavy atom. The molecule has 4 rings (SSSR count). The van der Waals surface area contributed by atoms with Crippen LogP contribution in [0.5, 0.6) is 0 Å². The molecule has 1 amide bonds. The van der Waals surface area contributed by atoms with Crippen molar-refractivity contribution in [3.8, 4) is 11.3 Å². The Labute approximate surface area is 171 Å². The van der Waals surface area contributed by atoms with E-state index in [1.165, 1.54) is 0 Å². The second-order valence-corrected chi connectivity index (χ2v) is 7.30. The van der Waals surface area contributed by atoms with Gasteiger partial charge in [-0.2, -0.15) is 0 Å². The minimum absolute atomic E-state index is 0.0442. The fraction of sp³-hybridized carbons (Fsp3) is 0.190. The molecule has 2 heterocycles. The number of amides is 1. The molecule has 3 aromatic rings. The SMILES string of the molecule is O=C(O)c1nc(-c2ccc(C(=O)N(c3ccccc3)N3CCOCC3)cc2)cs1. The summed E-state index contributed by atoms with van der Waals surface area (Å²) in [5, 5.41) is 14.5. The molecule has 29 heavy (non-hydrogen) atoms. The average molecular weight is 409 g/mol. The number of benzene rings is 2. The van der Waals surface area contributed by atoms with E-state index in [4.69, 9.17) is 9.84 Å². The molecule has 1 aliphatic heterocycles. The van der Waals surface area contributed by atoms with E-state index in [1.54, 1.807) is 34.7 Å². The number of hydrogen-bond donors (Lipinski definition) is 1. The lowest BCUT2D eigenvalue weighted by atomic mass is 10.1. The molecule has 0 saturated carbocycles. The number of aromatic carboxylic acids is 1. The summed E-state index contributed by atoms with van der Waals surface area (Å²) < 4.78 is 5.43.